The summed E-state index contributed by atoms with van der Waals surface area (Å²) in [5, 5.41) is 30.9. The van der Waals surface area contributed by atoms with Crippen molar-refractivity contribution in [1.29, 1.82) is 0 Å². The van der Waals surface area contributed by atoms with Gasteiger partial charge >= 0.3 is 5.97 Å². The van der Waals surface area contributed by atoms with Crippen LogP contribution < -0.4 is 5.32 Å². The van der Waals surface area contributed by atoms with E-state index in [4.69, 9.17) is 5.11 Å². The summed E-state index contributed by atoms with van der Waals surface area (Å²) in [5.74, 6) is 4.32. The lowest BCUT2D eigenvalue weighted by Gasteiger charge is -2.22. The van der Waals surface area contributed by atoms with E-state index in [9.17, 15) is 15.0 Å². The number of benzene rings is 1. The third kappa shape index (κ3) is 5.41. The van der Waals surface area contributed by atoms with Crippen molar-refractivity contribution in [3.63, 3.8) is 0 Å². The molecule has 0 aliphatic carbocycles. The Hall–Kier alpha value is -1.87. The number of hydrogen-bond donors (Lipinski definition) is 4. The minimum absolute atomic E-state index is 0.0608. The fourth-order valence-corrected chi connectivity index (χ4v) is 1.55. The quantitative estimate of drug-likeness (QED) is 0.578. The van der Waals surface area contributed by atoms with E-state index in [0.29, 0.717) is 0 Å². The van der Waals surface area contributed by atoms with Crippen LogP contribution in [0, 0.1) is 11.8 Å². The highest BCUT2D eigenvalue weighted by Crippen LogP contribution is 2.03. The second-order valence-corrected chi connectivity index (χ2v) is 4.83. The molecule has 0 unspecified atom stereocenters. The van der Waals surface area contributed by atoms with Crippen molar-refractivity contribution in [3.05, 3.63) is 35.9 Å². The Morgan fingerprint density at radius 3 is 2.50 bits per heavy atom. The second-order valence-electron chi connectivity index (χ2n) is 4.83. The average molecular weight is 277 g/mol. The minimum Gasteiger partial charge on any atom is -0.480 e. The van der Waals surface area contributed by atoms with E-state index in [1.807, 2.05) is 30.3 Å². The molecule has 0 aliphatic rings. The van der Waals surface area contributed by atoms with Crippen LogP contribution in [-0.2, 0) is 4.79 Å². The van der Waals surface area contributed by atoms with Gasteiger partial charge in [0.05, 0.1) is 6.10 Å². The van der Waals surface area contributed by atoms with E-state index in [2.05, 4.69) is 17.2 Å². The molecular weight excluding hydrogens is 258 g/mol. The van der Waals surface area contributed by atoms with Gasteiger partial charge in [-0.3, -0.25) is 10.1 Å². The Bertz CT molecular complexity index is 500. The first-order valence-corrected chi connectivity index (χ1v) is 6.27. The first-order chi connectivity index (χ1) is 9.32. The van der Waals surface area contributed by atoms with Crippen LogP contribution in [0.15, 0.2) is 30.3 Å². The van der Waals surface area contributed by atoms with Crippen LogP contribution in [0.3, 0.4) is 0 Å². The van der Waals surface area contributed by atoms with Crippen LogP contribution in [0.1, 0.15) is 19.4 Å². The summed E-state index contributed by atoms with van der Waals surface area (Å²) in [7, 11) is 0. The molecule has 0 spiro atoms. The number of carbonyl (C=O) groups is 1. The zero-order valence-electron chi connectivity index (χ0n) is 11.5. The topological polar surface area (TPSA) is 89.8 Å². The number of hydrogen-bond acceptors (Lipinski definition) is 4. The molecule has 0 fully saturated rings. The lowest BCUT2D eigenvalue weighted by Crippen LogP contribution is -2.50. The summed E-state index contributed by atoms with van der Waals surface area (Å²) in [4.78, 5) is 10.9. The highest BCUT2D eigenvalue weighted by Gasteiger charge is 2.26. The van der Waals surface area contributed by atoms with Crippen molar-refractivity contribution in [3.8, 4) is 11.8 Å². The minimum atomic E-state index is -1.39. The Kier molecular flexibility index (Phi) is 5.71. The van der Waals surface area contributed by atoms with E-state index < -0.39 is 23.7 Å². The number of aliphatic carboxylic acids is 1. The predicted octanol–water partition coefficient (Wildman–Crippen LogP) is 0.213. The Balaban J connectivity index is 2.66. The van der Waals surface area contributed by atoms with Gasteiger partial charge < -0.3 is 15.3 Å². The van der Waals surface area contributed by atoms with Crippen LogP contribution in [0.4, 0.5) is 0 Å². The van der Waals surface area contributed by atoms with Crippen molar-refractivity contribution in [2.24, 2.45) is 0 Å². The Labute approximate surface area is 118 Å². The molecule has 0 amide bonds. The van der Waals surface area contributed by atoms with E-state index >= 15 is 0 Å². The van der Waals surface area contributed by atoms with Crippen LogP contribution in [0.2, 0.25) is 0 Å². The Morgan fingerprint density at radius 1 is 1.40 bits per heavy atom. The molecule has 1 aromatic carbocycles. The Morgan fingerprint density at radius 2 is 2.00 bits per heavy atom. The summed E-state index contributed by atoms with van der Waals surface area (Å²) in [6.45, 7) is 2.79. The van der Waals surface area contributed by atoms with Crippen LogP contribution in [0.5, 0.6) is 0 Å². The van der Waals surface area contributed by atoms with Gasteiger partial charge in [0.15, 0.2) is 0 Å². The van der Waals surface area contributed by atoms with Crippen LogP contribution in [-0.4, -0.2) is 45.6 Å². The van der Waals surface area contributed by atoms with Gasteiger partial charge in [0.2, 0.25) is 0 Å². The molecule has 0 heterocycles. The third-order valence-corrected chi connectivity index (χ3v) is 2.66. The van der Waals surface area contributed by atoms with E-state index in [0.717, 1.165) is 5.56 Å². The molecule has 0 radical (unpaired) electrons. The zero-order valence-corrected chi connectivity index (χ0v) is 11.5. The molecule has 0 saturated heterocycles. The first kappa shape index (κ1) is 16.2. The molecular formula is C15H19NO4. The number of carboxylic acid groups (broad SMARTS) is 1. The van der Waals surface area contributed by atoms with Crippen molar-refractivity contribution >= 4 is 5.97 Å². The molecule has 3 atom stereocenters. The summed E-state index contributed by atoms with van der Waals surface area (Å²) >= 11 is 0. The van der Waals surface area contributed by atoms with Gasteiger partial charge in [-0.1, -0.05) is 30.0 Å². The molecule has 0 bridgehead atoms. The van der Waals surface area contributed by atoms with E-state index in [1.165, 1.54) is 13.8 Å². The molecule has 1 rings (SSSR count). The highest BCUT2D eigenvalue weighted by molar-refractivity contribution is 5.74. The average Bonchev–Trinajstić information content (AvgIpc) is 2.37. The first-order valence-electron chi connectivity index (χ1n) is 6.27. The van der Waals surface area contributed by atoms with E-state index in [1.54, 1.807) is 0 Å². The van der Waals surface area contributed by atoms with Gasteiger partial charge in [-0.05, 0) is 26.0 Å². The smallest absolute Gasteiger partial charge is 0.323 e. The third-order valence-electron chi connectivity index (χ3n) is 2.66. The maximum absolute atomic E-state index is 10.9. The van der Waals surface area contributed by atoms with Crippen molar-refractivity contribution < 1.29 is 20.1 Å². The molecule has 0 saturated carbocycles. The number of nitrogens with one attached hydrogen (secondary N) is 1. The van der Waals surface area contributed by atoms with Crippen LogP contribution in [0.25, 0.3) is 0 Å². The van der Waals surface area contributed by atoms with Gasteiger partial charge in [0.25, 0.3) is 0 Å². The summed E-state index contributed by atoms with van der Waals surface area (Å²) in [6.07, 6.45) is -1.06. The summed E-state index contributed by atoms with van der Waals surface area (Å²) < 4.78 is 0. The number of aliphatic hydroxyl groups excluding tert-OH is 1. The molecule has 5 nitrogen and oxygen atoms in total. The lowest BCUT2D eigenvalue weighted by molar-refractivity contribution is -0.142. The largest absolute Gasteiger partial charge is 0.480 e. The monoisotopic (exact) mass is 277 g/mol. The normalized spacial score (nSPS) is 16.4. The van der Waals surface area contributed by atoms with Crippen molar-refractivity contribution in [2.75, 3.05) is 6.54 Å². The van der Waals surface area contributed by atoms with Crippen molar-refractivity contribution in [1.82, 2.24) is 5.32 Å². The fraction of sp³-hybridized carbons (Fsp3) is 0.400. The molecule has 5 heteroatoms. The maximum atomic E-state index is 10.9. The second kappa shape index (κ2) is 7.06. The molecule has 20 heavy (non-hydrogen) atoms. The molecule has 108 valence electrons. The summed E-state index contributed by atoms with van der Waals surface area (Å²) in [6, 6.07) is 8.03. The molecule has 0 aromatic heterocycles. The number of aliphatic hydroxyl groups is 2. The molecule has 4 N–H and O–H groups in total. The maximum Gasteiger partial charge on any atom is 0.323 e. The van der Waals surface area contributed by atoms with Gasteiger partial charge in [-0.2, -0.15) is 0 Å². The van der Waals surface area contributed by atoms with Gasteiger partial charge in [0.1, 0.15) is 11.6 Å². The van der Waals surface area contributed by atoms with Gasteiger partial charge in [0, 0.05) is 12.1 Å². The number of rotatable bonds is 5. The standard InChI is InChI=1S/C15H19NO4/c1-11(17)13(14(18)19)16-10-15(2,20)9-8-12-6-4-3-5-7-12/h3-7,11,13,16-17,20H,10H2,1-2H3,(H,18,19)/t11-,13+,15-/m0/s1. The molecule has 1 aromatic rings. The lowest BCUT2D eigenvalue weighted by atomic mass is 10.1. The predicted molar refractivity (Wildman–Crippen MR) is 75.1 cm³/mol. The van der Waals surface area contributed by atoms with Crippen molar-refractivity contribution in [2.45, 2.75) is 31.6 Å². The zero-order chi connectivity index (χ0) is 15.2. The summed E-state index contributed by atoms with van der Waals surface area (Å²) in [5.41, 5.74) is -0.628. The highest BCUT2D eigenvalue weighted by atomic mass is 16.4. The fourth-order valence-electron chi connectivity index (χ4n) is 1.55. The SMILES string of the molecule is C[C@H](O)[C@@H](NC[C@@](C)(O)C#Cc1ccccc1)C(=O)O. The number of carboxylic acids is 1. The van der Waals surface area contributed by atoms with Gasteiger partial charge in [-0.25, -0.2) is 0 Å². The van der Waals surface area contributed by atoms with Gasteiger partial charge in [-0.15, -0.1) is 0 Å². The van der Waals surface area contributed by atoms with Crippen LogP contribution >= 0.6 is 0 Å². The van der Waals surface area contributed by atoms with E-state index in [-0.39, 0.29) is 6.54 Å². The molecule has 0 aliphatic heterocycles.